The van der Waals surface area contributed by atoms with Crippen molar-refractivity contribution in [2.45, 2.75) is 39.2 Å². The van der Waals surface area contributed by atoms with Crippen molar-refractivity contribution in [1.29, 1.82) is 0 Å². The number of rotatable bonds is 5. The number of benzene rings is 2. The third kappa shape index (κ3) is 3.47. The Kier molecular flexibility index (Phi) is 5.29. The molecule has 1 amide bonds. The minimum Gasteiger partial charge on any atom is -0.342 e. The number of amides is 1. The van der Waals surface area contributed by atoms with Crippen LogP contribution < -0.4 is 0 Å². The molecule has 3 aromatic rings. The molecule has 0 saturated carbocycles. The number of carbonyl (C=O) groups is 2. The first kappa shape index (κ1) is 18.5. The van der Waals surface area contributed by atoms with E-state index in [4.69, 9.17) is 0 Å². The SMILES string of the molecule is CCc1cccc2c(C(=O)C(=O)N3CCCCC3)cn(Cc3ccccc3)c12. The summed E-state index contributed by atoms with van der Waals surface area (Å²) in [7, 11) is 0. The van der Waals surface area contributed by atoms with Crippen molar-refractivity contribution in [3.63, 3.8) is 0 Å². The highest BCUT2D eigenvalue weighted by Gasteiger charge is 2.27. The Hall–Kier alpha value is -2.88. The normalized spacial score (nSPS) is 14.4. The van der Waals surface area contributed by atoms with E-state index in [1.54, 1.807) is 4.90 Å². The molecule has 0 spiro atoms. The zero-order valence-electron chi connectivity index (χ0n) is 16.4. The number of para-hydroxylation sites is 1. The van der Waals surface area contributed by atoms with Gasteiger partial charge in [0, 0.05) is 31.2 Å². The van der Waals surface area contributed by atoms with Gasteiger partial charge in [-0.05, 0) is 36.8 Å². The molecule has 0 N–H and O–H groups in total. The lowest BCUT2D eigenvalue weighted by atomic mass is 10.0. The Balaban J connectivity index is 1.76. The Morgan fingerprint density at radius 3 is 2.39 bits per heavy atom. The highest BCUT2D eigenvalue weighted by atomic mass is 16.2. The van der Waals surface area contributed by atoms with Crippen LogP contribution in [0, 0.1) is 0 Å². The van der Waals surface area contributed by atoms with Crippen LogP contribution in [0.4, 0.5) is 0 Å². The van der Waals surface area contributed by atoms with Crippen molar-refractivity contribution in [3.8, 4) is 0 Å². The first-order valence-electron chi connectivity index (χ1n) is 10.2. The van der Waals surface area contributed by atoms with Gasteiger partial charge in [-0.1, -0.05) is 55.5 Å². The molecule has 28 heavy (non-hydrogen) atoms. The molecule has 2 aromatic carbocycles. The topological polar surface area (TPSA) is 42.3 Å². The van der Waals surface area contributed by atoms with Gasteiger partial charge >= 0.3 is 0 Å². The molecule has 0 bridgehead atoms. The number of nitrogens with zero attached hydrogens (tertiary/aromatic N) is 2. The van der Waals surface area contributed by atoms with Crippen molar-refractivity contribution in [2.75, 3.05) is 13.1 Å². The molecule has 0 radical (unpaired) electrons. The van der Waals surface area contributed by atoms with Crippen LogP contribution in [0.5, 0.6) is 0 Å². The van der Waals surface area contributed by atoms with Crippen molar-refractivity contribution in [1.82, 2.24) is 9.47 Å². The first-order valence-corrected chi connectivity index (χ1v) is 10.2. The number of Topliss-reactive ketones (excluding diaryl/α,β-unsaturated/α-hetero) is 1. The summed E-state index contributed by atoms with van der Waals surface area (Å²) >= 11 is 0. The molecule has 4 rings (SSSR count). The van der Waals surface area contributed by atoms with Crippen molar-refractivity contribution >= 4 is 22.6 Å². The molecular formula is C24H26N2O2. The number of likely N-dealkylation sites (tertiary alicyclic amines) is 1. The summed E-state index contributed by atoms with van der Waals surface area (Å²) < 4.78 is 2.13. The van der Waals surface area contributed by atoms with Crippen molar-refractivity contribution < 1.29 is 9.59 Å². The zero-order chi connectivity index (χ0) is 19.5. The van der Waals surface area contributed by atoms with Gasteiger partial charge in [-0.2, -0.15) is 0 Å². The summed E-state index contributed by atoms with van der Waals surface area (Å²) in [6, 6.07) is 16.3. The number of aromatic nitrogens is 1. The van der Waals surface area contributed by atoms with E-state index in [1.165, 1.54) is 11.1 Å². The van der Waals surface area contributed by atoms with E-state index in [2.05, 4.69) is 29.7 Å². The maximum atomic E-state index is 13.1. The van der Waals surface area contributed by atoms with Crippen LogP contribution in [-0.2, 0) is 17.8 Å². The second-order valence-electron chi connectivity index (χ2n) is 7.51. The predicted molar refractivity (Wildman–Crippen MR) is 112 cm³/mol. The number of hydrogen-bond donors (Lipinski definition) is 0. The molecule has 4 heteroatoms. The number of carbonyl (C=O) groups excluding carboxylic acids is 2. The van der Waals surface area contributed by atoms with Crippen LogP contribution in [0.3, 0.4) is 0 Å². The number of aryl methyl sites for hydroxylation is 1. The number of ketones is 1. The molecule has 144 valence electrons. The van der Waals surface area contributed by atoms with Gasteiger partial charge in [-0.15, -0.1) is 0 Å². The number of piperidine rings is 1. The van der Waals surface area contributed by atoms with E-state index in [0.29, 0.717) is 25.2 Å². The van der Waals surface area contributed by atoms with Crippen LogP contribution in [-0.4, -0.2) is 34.2 Å². The fourth-order valence-electron chi connectivity index (χ4n) is 4.16. The third-order valence-electron chi connectivity index (χ3n) is 5.64. The summed E-state index contributed by atoms with van der Waals surface area (Å²) in [4.78, 5) is 27.7. The second kappa shape index (κ2) is 8.01. The molecule has 0 atom stereocenters. The van der Waals surface area contributed by atoms with Gasteiger partial charge in [0.15, 0.2) is 0 Å². The number of fused-ring (bicyclic) bond motifs is 1. The van der Waals surface area contributed by atoms with Gasteiger partial charge in [0.1, 0.15) is 0 Å². The van der Waals surface area contributed by atoms with Crippen molar-refractivity contribution in [3.05, 3.63) is 71.4 Å². The Labute approximate surface area is 165 Å². The van der Waals surface area contributed by atoms with E-state index >= 15 is 0 Å². The summed E-state index contributed by atoms with van der Waals surface area (Å²) in [5.41, 5.74) is 3.95. The molecule has 0 unspecified atom stereocenters. The highest BCUT2D eigenvalue weighted by molar-refractivity contribution is 6.45. The average Bonchev–Trinajstić information content (AvgIpc) is 3.12. The summed E-state index contributed by atoms with van der Waals surface area (Å²) in [6.45, 7) is 4.18. The Morgan fingerprint density at radius 1 is 0.929 bits per heavy atom. The summed E-state index contributed by atoms with van der Waals surface area (Å²) in [6.07, 6.45) is 5.85. The summed E-state index contributed by atoms with van der Waals surface area (Å²) in [5.74, 6) is -0.743. The molecule has 1 aromatic heterocycles. The predicted octanol–water partition coefficient (Wildman–Crippen LogP) is 4.45. The van der Waals surface area contributed by atoms with Gasteiger partial charge in [-0.3, -0.25) is 9.59 Å². The molecule has 1 fully saturated rings. The van der Waals surface area contributed by atoms with Gasteiger partial charge in [0.2, 0.25) is 0 Å². The van der Waals surface area contributed by atoms with Crippen LogP contribution in [0.1, 0.15) is 47.7 Å². The molecule has 0 aliphatic carbocycles. The number of hydrogen-bond acceptors (Lipinski definition) is 2. The van der Waals surface area contributed by atoms with Crippen LogP contribution in [0.2, 0.25) is 0 Å². The lowest BCUT2D eigenvalue weighted by Crippen LogP contribution is -2.40. The largest absolute Gasteiger partial charge is 0.342 e. The van der Waals surface area contributed by atoms with E-state index in [0.717, 1.165) is 36.6 Å². The van der Waals surface area contributed by atoms with E-state index in [9.17, 15) is 9.59 Å². The minimum absolute atomic E-state index is 0.361. The monoisotopic (exact) mass is 374 g/mol. The van der Waals surface area contributed by atoms with Gasteiger partial charge in [-0.25, -0.2) is 0 Å². The quantitative estimate of drug-likeness (QED) is 0.489. The Morgan fingerprint density at radius 2 is 1.68 bits per heavy atom. The Bertz CT molecular complexity index is 998. The third-order valence-corrected chi connectivity index (χ3v) is 5.64. The zero-order valence-corrected chi connectivity index (χ0v) is 16.4. The maximum absolute atomic E-state index is 13.1. The van der Waals surface area contributed by atoms with Crippen molar-refractivity contribution in [2.24, 2.45) is 0 Å². The summed E-state index contributed by atoms with van der Waals surface area (Å²) in [5, 5.41) is 0.880. The van der Waals surface area contributed by atoms with E-state index in [-0.39, 0.29) is 11.7 Å². The molecule has 2 heterocycles. The minimum atomic E-state index is -0.382. The van der Waals surface area contributed by atoms with Crippen LogP contribution >= 0.6 is 0 Å². The first-order chi connectivity index (χ1) is 13.7. The lowest BCUT2D eigenvalue weighted by molar-refractivity contribution is -0.127. The fourth-order valence-corrected chi connectivity index (χ4v) is 4.16. The molecule has 4 nitrogen and oxygen atoms in total. The molecule has 1 aliphatic heterocycles. The van der Waals surface area contributed by atoms with Gasteiger partial charge in [0.05, 0.1) is 11.1 Å². The van der Waals surface area contributed by atoms with Crippen LogP contribution in [0.15, 0.2) is 54.7 Å². The maximum Gasteiger partial charge on any atom is 0.295 e. The smallest absolute Gasteiger partial charge is 0.295 e. The van der Waals surface area contributed by atoms with E-state index < -0.39 is 0 Å². The molecular weight excluding hydrogens is 348 g/mol. The lowest BCUT2D eigenvalue weighted by Gasteiger charge is -2.25. The average molecular weight is 374 g/mol. The fraction of sp³-hybridized carbons (Fsp3) is 0.333. The van der Waals surface area contributed by atoms with Gasteiger partial charge < -0.3 is 9.47 Å². The molecule has 1 saturated heterocycles. The standard InChI is InChI=1S/C24H26N2O2/c1-2-19-12-9-13-20-21(23(27)24(28)25-14-7-4-8-15-25)17-26(22(19)20)16-18-10-5-3-6-11-18/h3,5-6,9-13,17H,2,4,7-8,14-16H2,1H3. The van der Waals surface area contributed by atoms with E-state index in [1.807, 2.05) is 36.5 Å². The van der Waals surface area contributed by atoms with Crippen LogP contribution in [0.25, 0.3) is 10.9 Å². The highest BCUT2D eigenvalue weighted by Crippen LogP contribution is 2.27. The van der Waals surface area contributed by atoms with Gasteiger partial charge in [0.25, 0.3) is 11.7 Å². The molecule has 1 aliphatic rings. The second-order valence-corrected chi connectivity index (χ2v) is 7.51.